The zero-order chi connectivity index (χ0) is 16.0. The first-order chi connectivity index (χ1) is 10.5. The summed E-state index contributed by atoms with van der Waals surface area (Å²) in [5.74, 6) is -0.323. The first kappa shape index (κ1) is 16.3. The molecule has 0 bridgehead atoms. The summed E-state index contributed by atoms with van der Waals surface area (Å²) in [6.45, 7) is 2.77. The number of nitrogens with one attached hydrogen (secondary N) is 1. The second kappa shape index (κ2) is 7.26. The molecule has 1 atom stereocenters. The monoisotopic (exact) mass is 307 g/mol. The molecule has 6 heteroatoms. The largest absolute Gasteiger partial charge is 0.494 e. The first-order valence-electron chi connectivity index (χ1n) is 7.40. The Balaban J connectivity index is 1.81. The van der Waals surface area contributed by atoms with Crippen LogP contribution < -0.4 is 10.1 Å². The number of aliphatic carboxylic acids is 1. The van der Waals surface area contributed by atoms with E-state index in [1.807, 2.05) is 0 Å². The Morgan fingerprint density at radius 2 is 2.09 bits per heavy atom. The molecule has 1 saturated heterocycles. The van der Waals surface area contributed by atoms with Crippen molar-refractivity contribution in [2.45, 2.75) is 38.2 Å². The fourth-order valence-corrected chi connectivity index (χ4v) is 2.27. The van der Waals surface area contributed by atoms with Crippen molar-refractivity contribution in [1.29, 1.82) is 0 Å². The molecule has 1 unspecified atom stereocenters. The predicted molar refractivity (Wildman–Crippen MR) is 81.0 cm³/mol. The number of amides is 1. The lowest BCUT2D eigenvalue weighted by Gasteiger charge is -2.21. The summed E-state index contributed by atoms with van der Waals surface area (Å²) in [5, 5.41) is 11.4. The normalized spacial score (nSPS) is 20.6. The molecule has 0 spiro atoms. The van der Waals surface area contributed by atoms with E-state index in [9.17, 15) is 9.59 Å². The average Bonchev–Trinajstić information content (AvgIpc) is 2.93. The lowest BCUT2D eigenvalue weighted by molar-refractivity contribution is -0.137. The van der Waals surface area contributed by atoms with Crippen molar-refractivity contribution in [3.8, 4) is 5.75 Å². The van der Waals surface area contributed by atoms with Crippen molar-refractivity contribution < 1.29 is 24.2 Å². The minimum atomic E-state index is -0.829. The fraction of sp³-hybridized carbons (Fsp3) is 0.500. The highest BCUT2D eigenvalue weighted by atomic mass is 16.5. The Morgan fingerprint density at radius 3 is 2.68 bits per heavy atom. The summed E-state index contributed by atoms with van der Waals surface area (Å²) >= 11 is 0. The van der Waals surface area contributed by atoms with Gasteiger partial charge in [0.2, 0.25) is 0 Å². The second-order valence-electron chi connectivity index (χ2n) is 5.51. The summed E-state index contributed by atoms with van der Waals surface area (Å²) in [6, 6.07) is 6.99. The van der Waals surface area contributed by atoms with E-state index >= 15 is 0 Å². The average molecular weight is 307 g/mol. The fourth-order valence-electron chi connectivity index (χ4n) is 2.27. The number of carboxylic acids is 1. The van der Waals surface area contributed by atoms with Crippen LogP contribution in [0.5, 0.6) is 5.75 Å². The third-order valence-electron chi connectivity index (χ3n) is 3.62. The third kappa shape index (κ3) is 4.46. The van der Waals surface area contributed by atoms with Crippen molar-refractivity contribution in [3.05, 3.63) is 24.3 Å². The number of benzene rings is 1. The summed E-state index contributed by atoms with van der Waals surface area (Å²) in [4.78, 5) is 22.6. The van der Waals surface area contributed by atoms with E-state index in [-0.39, 0.29) is 12.3 Å². The number of carbonyl (C=O) groups excluding carboxylic acids is 1. The molecule has 1 aromatic carbocycles. The lowest BCUT2D eigenvalue weighted by atomic mass is 10.0. The van der Waals surface area contributed by atoms with E-state index in [1.54, 1.807) is 31.2 Å². The van der Waals surface area contributed by atoms with Gasteiger partial charge in [-0.3, -0.25) is 9.59 Å². The van der Waals surface area contributed by atoms with Gasteiger partial charge in [0.1, 0.15) is 11.4 Å². The highest BCUT2D eigenvalue weighted by Crippen LogP contribution is 2.27. The van der Waals surface area contributed by atoms with Gasteiger partial charge in [0.25, 0.3) is 5.91 Å². The highest BCUT2D eigenvalue weighted by molar-refractivity contribution is 5.97. The number of rotatable bonds is 7. The molecule has 0 saturated carbocycles. The molecule has 0 aliphatic carbocycles. The predicted octanol–water partition coefficient (Wildman–Crippen LogP) is 2.44. The van der Waals surface area contributed by atoms with Gasteiger partial charge in [-0.25, -0.2) is 0 Å². The molecule has 2 rings (SSSR count). The van der Waals surface area contributed by atoms with Gasteiger partial charge < -0.3 is 19.9 Å². The van der Waals surface area contributed by atoms with Crippen molar-refractivity contribution >= 4 is 17.6 Å². The molecule has 1 fully saturated rings. The SMILES string of the molecule is CC1(C(=O)Nc2ccc(OCCCC(=O)O)cc2)CCCO1. The summed E-state index contributed by atoms with van der Waals surface area (Å²) in [5.41, 5.74) is -0.0638. The van der Waals surface area contributed by atoms with E-state index < -0.39 is 11.6 Å². The van der Waals surface area contributed by atoms with Crippen molar-refractivity contribution in [3.63, 3.8) is 0 Å². The van der Waals surface area contributed by atoms with Gasteiger partial charge in [0, 0.05) is 18.7 Å². The minimum Gasteiger partial charge on any atom is -0.494 e. The molecule has 2 N–H and O–H groups in total. The molecular formula is C16H21NO5. The number of hydrogen-bond donors (Lipinski definition) is 2. The van der Waals surface area contributed by atoms with Gasteiger partial charge in [-0.15, -0.1) is 0 Å². The van der Waals surface area contributed by atoms with Crippen LogP contribution in [0, 0.1) is 0 Å². The van der Waals surface area contributed by atoms with Crippen molar-refractivity contribution in [2.24, 2.45) is 0 Å². The molecule has 0 radical (unpaired) electrons. The number of carbonyl (C=O) groups is 2. The first-order valence-corrected chi connectivity index (χ1v) is 7.40. The molecular weight excluding hydrogens is 286 g/mol. The molecule has 0 aromatic heterocycles. The van der Waals surface area contributed by atoms with Crippen LogP contribution in [0.15, 0.2) is 24.3 Å². The zero-order valence-electron chi connectivity index (χ0n) is 12.6. The summed E-state index contributed by atoms with van der Waals surface area (Å²) in [6.07, 6.45) is 2.17. The van der Waals surface area contributed by atoms with Crippen LogP contribution in [0.2, 0.25) is 0 Å². The van der Waals surface area contributed by atoms with E-state index in [0.717, 1.165) is 12.8 Å². The Bertz CT molecular complexity index is 520. The van der Waals surface area contributed by atoms with Crippen LogP contribution in [-0.2, 0) is 14.3 Å². The van der Waals surface area contributed by atoms with Gasteiger partial charge in [-0.2, -0.15) is 0 Å². The molecule has 1 aliphatic heterocycles. The van der Waals surface area contributed by atoms with E-state index in [4.69, 9.17) is 14.6 Å². The van der Waals surface area contributed by atoms with Crippen LogP contribution in [0.1, 0.15) is 32.6 Å². The lowest BCUT2D eigenvalue weighted by Crippen LogP contribution is -2.39. The molecule has 1 heterocycles. The minimum absolute atomic E-state index is 0.0900. The smallest absolute Gasteiger partial charge is 0.303 e. The molecule has 1 aromatic rings. The van der Waals surface area contributed by atoms with E-state index in [1.165, 1.54) is 0 Å². The Morgan fingerprint density at radius 1 is 1.36 bits per heavy atom. The maximum atomic E-state index is 12.2. The topological polar surface area (TPSA) is 84.9 Å². The molecule has 1 amide bonds. The number of carboxylic acid groups (broad SMARTS) is 1. The van der Waals surface area contributed by atoms with E-state index in [0.29, 0.717) is 31.1 Å². The Kier molecular flexibility index (Phi) is 5.38. The Labute approximate surface area is 129 Å². The molecule has 22 heavy (non-hydrogen) atoms. The number of hydrogen-bond acceptors (Lipinski definition) is 4. The van der Waals surface area contributed by atoms with Gasteiger partial charge in [-0.1, -0.05) is 0 Å². The second-order valence-corrected chi connectivity index (χ2v) is 5.51. The molecule has 120 valence electrons. The molecule has 1 aliphatic rings. The van der Waals surface area contributed by atoms with Gasteiger partial charge in [0.15, 0.2) is 0 Å². The highest BCUT2D eigenvalue weighted by Gasteiger charge is 2.37. The standard InChI is InChI=1S/C16H21NO5/c1-16(9-3-11-22-16)15(20)17-12-5-7-13(8-6-12)21-10-2-4-14(18)19/h5-8H,2-4,9-11H2,1H3,(H,17,20)(H,18,19). The van der Waals surface area contributed by atoms with Crippen LogP contribution >= 0.6 is 0 Å². The van der Waals surface area contributed by atoms with Crippen LogP contribution in [-0.4, -0.2) is 35.8 Å². The maximum absolute atomic E-state index is 12.2. The van der Waals surface area contributed by atoms with Crippen LogP contribution in [0.3, 0.4) is 0 Å². The van der Waals surface area contributed by atoms with Gasteiger partial charge >= 0.3 is 5.97 Å². The number of ether oxygens (including phenoxy) is 2. The zero-order valence-corrected chi connectivity index (χ0v) is 12.6. The van der Waals surface area contributed by atoms with Gasteiger partial charge in [-0.05, 0) is 50.5 Å². The Hall–Kier alpha value is -2.08. The van der Waals surface area contributed by atoms with E-state index in [2.05, 4.69) is 5.32 Å². The van der Waals surface area contributed by atoms with Crippen LogP contribution in [0.25, 0.3) is 0 Å². The van der Waals surface area contributed by atoms with Crippen molar-refractivity contribution in [2.75, 3.05) is 18.5 Å². The van der Waals surface area contributed by atoms with Crippen molar-refractivity contribution in [1.82, 2.24) is 0 Å². The third-order valence-corrected chi connectivity index (χ3v) is 3.62. The molecule has 6 nitrogen and oxygen atoms in total. The summed E-state index contributed by atoms with van der Waals surface area (Å²) in [7, 11) is 0. The maximum Gasteiger partial charge on any atom is 0.303 e. The number of anilines is 1. The quantitative estimate of drug-likeness (QED) is 0.756. The summed E-state index contributed by atoms with van der Waals surface area (Å²) < 4.78 is 10.9. The van der Waals surface area contributed by atoms with Crippen LogP contribution in [0.4, 0.5) is 5.69 Å². The van der Waals surface area contributed by atoms with Gasteiger partial charge in [0.05, 0.1) is 6.61 Å².